The Bertz CT molecular complexity index is 570. The lowest BCUT2D eigenvalue weighted by atomic mass is 9.65. The molecule has 0 heterocycles. The van der Waals surface area contributed by atoms with Crippen molar-refractivity contribution in [1.82, 2.24) is 4.90 Å². The molecule has 0 aromatic heterocycles. The van der Waals surface area contributed by atoms with E-state index in [0.29, 0.717) is 41.8 Å². The van der Waals surface area contributed by atoms with Gasteiger partial charge in [-0.25, -0.2) is 0 Å². The predicted molar refractivity (Wildman–Crippen MR) is 103 cm³/mol. The van der Waals surface area contributed by atoms with Crippen LogP contribution in [0.15, 0.2) is 24.3 Å². The Hall–Kier alpha value is -0.970. The van der Waals surface area contributed by atoms with Crippen LogP contribution in [0.4, 0.5) is 0 Å². The second kappa shape index (κ2) is 9.11. The summed E-state index contributed by atoms with van der Waals surface area (Å²) in [5.74, 6) is 2.09. The minimum atomic E-state index is 0. The van der Waals surface area contributed by atoms with Crippen molar-refractivity contribution >= 4 is 29.9 Å². The van der Waals surface area contributed by atoms with Crippen molar-refractivity contribution in [3.05, 3.63) is 29.3 Å². The third kappa shape index (κ3) is 4.81. The largest absolute Gasteiger partial charge is 0.490 e. The lowest BCUT2D eigenvalue weighted by Gasteiger charge is -2.44. The Morgan fingerprint density at radius 1 is 1.28 bits per heavy atom. The number of likely N-dealkylation sites (N-methyl/N-ethyl adjacent to an activating group) is 1. The summed E-state index contributed by atoms with van der Waals surface area (Å²) in [6, 6.07) is 7.70. The number of nitrogens with zero attached hydrogens (tertiary/aromatic N) is 1. The third-order valence-corrected chi connectivity index (χ3v) is 5.97. The molecule has 0 saturated heterocycles. The van der Waals surface area contributed by atoms with Gasteiger partial charge in [-0.05, 0) is 49.7 Å². The summed E-state index contributed by atoms with van der Waals surface area (Å²) in [5.41, 5.74) is 6.32. The lowest BCUT2D eigenvalue weighted by Crippen LogP contribution is -2.49. The Morgan fingerprint density at radius 3 is 2.56 bits per heavy atom. The minimum Gasteiger partial charge on any atom is -0.490 e. The molecule has 2 N–H and O–H groups in total. The monoisotopic (exact) mass is 386 g/mol. The molecule has 2 bridgehead atoms. The molecule has 140 valence electrons. The summed E-state index contributed by atoms with van der Waals surface area (Å²) in [6.07, 6.45) is 5.53. The predicted octanol–water partition coefficient (Wildman–Crippen LogP) is 3.75. The van der Waals surface area contributed by atoms with E-state index < -0.39 is 0 Å². The molecule has 2 saturated carbocycles. The smallest absolute Gasteiger partial charge is 0.225 e. The highest BCUT2D eigenvalue weighted by atomic mass is 35.5. The second-order valence-corrected chi connectivity index (χ2v) is 7.64. The molecule has 1 aromatic rings. The van der Waals surface area contributed by atoms with Crippen molar-refractivity contribution in [2.24, 2.45) is 23.5 Å². The average molecular weight is 387 g/mol. The summed E-state index contributed by atoms with van der Waals surface area (Å²) >= 11 is 6.07. The molecule has 6 heteroatoms. The number of amides is 1. The van der Waals surface area contributed by atoms with Crippen molar-refractivity contribution < 1.29 is 9.53 Å². The first-order chi connectivity index (χ1) is 11.6. The van der Waals surface area contributed by atoms with Crippen LogP contribution in [0.3, 0.4) is 0 Å². The van der Waals surface area contributed by atoms with Crippen LogP contribution < -0.4 is 10.5 Å². The van der Waals surface area contributed by atoms with Crippen LogP contribution in [-0.2, 0) is 4.79 Å². The van der Waals surface area contributed by atoms with Crippen LogP contribution >= 0.6 is 24.0 Å². The number of rotatable bonds is 5. The zero-order chi connectivity index (χ0) is 17.1. The van der Waals surface area contributed by atoms with Gasteiger partial charge >= 0.3 is 0 Å². The number of para-hydroxylation sites is 1. The number of benzene rings is 1. The maximum atomic E-state index is 12.7. The van der Waals surface area contributed by atoms with E-state index in [0.717, 1.165) is 12.8 Å². The van der Waals surface area contributed by atoms with E-state index in [9.17, 15) is 4.79 Å². The number of carbonyl (C=O) groups is 1. The normalized spacial score (nSPS) is 28.0. The molecule has 2 atom stereocenters. The summed E-state index contributed by atoms with van der Waals surface area (Å²) in [7, 11) is 1.86. The second-order valence-electron chi connectivity index (χ2n) is 7.24. The number of halogens is 2. The van der Waals surface area contributed by atoms with Crippen molar-refractivity contribution in [3.8, 4) is 5.75 Å². The lowest BCUT2D eigenvalue weighted by molar-refractivity contribution is -0.137. The van der Waals surface area contributed by atoms with Gasteiger partial charge in [-0.3, -0.25) is 4.79 Å². The Balaban J connectivity index is 0.00000225. The van der Waals surface area contributed by atoms with Gasteiger partial charge in [-0.2, -0.15) is 0 Å². The molecule has 2 fully saturated rings. The SMILES string of the molecule is CN(CCOc1ccccc1Cl)C(=O)C1CC2CCCC(C1)C2N.Cl. The average Bonchev–Trinajstić information content (AvgIpc) is 2.55. The highest BCUT2D eigenvalue weighted by Crippen LogP contribution is 2.42. The van der Waals surface area contributed by atoms with Gasteiger partial charge in [0.25, 0.3) is 0 Å². The molecule has 4 nitrogen and oxygen atoms in total. The first-order valence-electron chi connectivity index (χ1n) is 8.94. The van der Waals surface area contributed by atoms with Crippen molar-refractivity contribution in [1.29, 1.82) is 0 Å². The van der Waals surface area contributed by atoms with Gasteiger partial charge in [-0.15, -0.1) is 12.4 Å². The van der Waals surface area contributed by atoms with Crippen molar-refractivity contribution in [2.75, 3.05) is 20.2 Å². The molecule has 0 spiro atoms. The van der Waals surface area contributed by atoms with E-state index in [4.69, 9.17) is 22.1 Å². The molecule has 0 aliphatic heterocycles. The molecule has 2 unspecified atom stereocenters. The van der Waals surface area contributed by atoms with Gasteiger partial charge in [0.2, 0.25) is 5.91 Å². The molecule has 2 aliphatic carbocycles. The zero-order valence-electron chi connectivity index (χ0n) is 14.7. The molecular formula is C19H28Cl2N2O2. The Labute approximate surface area is 161 Å². The van der Waals surface area contributed by atoms with E-state index in [1.807, 2.05) is 25.2 Å². The van der Waals surface area contributed by atoms with Gasteiger partial charge in [0.1, 0.15) is 12.4 Å². The maximum Gasteiger partial charge on any atom is 0.225 e. The number of nitrogens with two attached hydrogens (primary N) is 1. The topological polar surface area (TPSA) is 55.6 Å². The molecular weight excluding hydrogens is 359 g/mol. The number of carbonyl (C=O) groups excluding carboxylic acids is 1. The van der Waals surface area contributed by atoms with Gasteiger partial charge < -0.3 is 15.4 Å². The van der Waals surface area contributed by atoms with Crippen molar-refractivity contribution in [3.63, 3.8) is 0 Å². The van der Waals surface area contributed by atoms with E-state index in [1.165, 1.54) is 19.3 Å². The summed E-state index contributed by atoms with van der Waals surface area (Å²) in [6.45, 7) is 1.02. The van der Waals surface area contributed by atoms with Crippen LogP contribution in [0.25, 0.3) is 0 Å². The Morgan fingerprint density at radius 2 is 1.92 bits per heavy atom. The van der Waals surface area contributed by atoms with Crippen LogP contribution in [0.1, 0.15) is 32.1 Å². The number of hydrogen-bond donors (Lipinski definition) is 1. The molecule has 2 aliphatic rings. The van der Waals surface area contributed by atoms with E-state index in [2.05, 4.69) is 0 Å². The zero-order valence-corrected chi connectivity index (χ0v) is 16.3. The van der Waals surface area contributed by atoms with Crippen LogP contribution in [0, 0.1) is 17.8 Å². The standard InChI is InChI=1S/C19H27ClN2O2.ClH/c1-22(9-10-24-17-8-3-2-7-16(17)20)19(23)15-11-13-5-4-6-14(12-15)18(13)21;/h2-3,7-8,13-15,18H,4-6,9-12,21H2,1H3;1H. The first kappa shape index (κ1) is 20.3. The highest BCUT2D eigenvalue weighted by molar-refractivity contribution is 6.32. The highest BCUT2D eigenvalue weighted by Gasteiger charge is 2.41. The summed E-state index contributed by atoms with van der Waals surface area (Å²) in [5, 5.41) is 0.598. The fourth-order valence-electron chi connectivity index (χ4n) is 4.27. The molecule has 0 radical (unpaired) electrons. The molecule has 1 amide bonds. The van der Waals surface area contributed by atoms with Crippen LogP contribution in [0.2, 0.25) is 5.02 Å². The van der Waals surface area contributed by atoms with E-state index in [-0.39, 0.29) is 24.2 Å². The van der Waals surface area contributed by atoms with Gasteiger partial charge in [-0.1, -0.05) is 30.2 Å². The Kier molecular flexibility index (Phi) is 7.41. The fourth-order valence-corrected chi connectivity index (χ4v) is 4.46. The molecule has 25 heavy (non-hydrogen) atoms. The van der Waals surface area contributed by atoms with Crippen LogP contribution in [0.5, 0.6) is 5.75 Å². The quantitative estimate of drug-likeness (QED) is 0.837. The van der Waals surface area contributed by atoms with Crippen molar-refractivity contribution in [2.45, 2.75) is 38.1 Å². The molecule has 1 aromatic carbocycles. The van der Waals surface area contributed by atoms with Gasteiger partial charge in [0.15, 0.2) is 0 Å². The summed E-state index contributed by atoms with van der Waals surface area (Å²) in [4.78, 5) is 14.5. The fraction of sp³-hybridized carbons (Fsp3) is 0.632. The van der Waals surface area contributed by atoms with E-state index in [1.54, 1.807) is 11.0 Å². The van der Waals surface area contributed by atoms with Crippen LogP contribution in [-0.4, -0.2) is 37.0 Å². The van der Waals surface area contributed by atoms with Gasteiger partial charge in [0, 0.05) is 19.0 Å². The third-order valence-electron chi connectivity index (χ3n) is 5.66. The maximum absolute atomic E-state index is 12.7. The number of fused-ring (bicyclic) bond motifs is 2. The summed E-state index contributed by atoms with van der Waals surface area (Å²) < 4.78 is 5.69. The molecule has 3 rings (SSSR count). The first-order valence-corrected chi connectivity index (χ1v) is 9.32. The number of hydrogen-bond acceptors (Lipinski definition) is 3. The number of ether oxygens (including phenoxy) is 1. The minimum absolute atomic E-state index is 0. The van der Waals surface area contributed by atoms with E-state index >= 15 is 0 Å². The van der Waals surface area contributed by atoms with Gasteiger partial charge in [0.05, 0.1) is 11.6 Å².